The quantitative estimate of drug-likeness (QED) is 0.530. The zero-order valence-electron chi connectivity index (χ0n) is 18.0. The van der Waals surface area contributed by atoms with Crippen LogP contribution in [0.15, 0.2) is 18.2 Å². The number of aliphatic hydroxyl groups is 1. The van der Waals surface area contributed by atoms with Crippen LogP contribution in [0.5, 0.6) is 0 Å². The van der Waals surface area contributed by atoms with Crippen LogP contribution in [0, 0.1) is 5.41 Å². The van der Waals surface area contributed by atoms with Crippen molar-refractivity contribution in [1.29, 1.82) is 0 Å². The zero-order chi connectivity index (χ0) is 21.4. The van der Waals surface area contributed by atoms with Gasteiger partial charge in [0.05, 0.1) is 12.2 Å². The topological polar surface area (TPSA) is 29.5 Å². The lowest BCUT2D eigenvalue weighted by molar-refractivity contribution is -0.137. The molecular weight excluding hydrogens is 381 g/mol. The molecule has 0 bridgehead atoms. The van der Waals surface area contributed by atoms with Crippen LogP contribution < -0.4 is 0 Å². The molecule has 2 nitrogen and oxygen atoms in total. The summed E-state index contributed by atoms with van der Waals surface area (Å²) >= 11 is 0. The lowest BCUT2D eigenvalue weighted by atomic mass is 9.64. The lowest BCUT2D eigenvalue weighted by Gasteiger charge is -2.42. The lowest BCUT2D eigenvalue weighted by Crippen LogP contribution is -2.40. The molecule has 1 saturated carbocycles. The minimum Gasteiger partial charge on any atom is -0.413 e. The van der Waals surface area contributed by atoms with E-state index in [0.29, 0.717) is 5.56 Å². The van der Waals surface area contributed by atoms with Gasteiger partial charge in [-0.3, -0.25) is 0 Å². The van der Waals surface area contributed by atoms with E-state index in [9.17, 15) is 18.3 Å². The van der Waals surface area contributed by atoms with Gasteiger partial charge in [0, 0.05) is 6.61 Å². The molecule has 1 N–H and O–H groups in total. The highest BCUT2D eigenvalue weighted by Gasteiger charge is 2.41. The van der Waals surface area contributed by atoms with Gasteiger partial charge in [0.2, 0.25) is 0 Å². The Balaban J connectivity index is 2.45. The molecule has 0 spiro atoms. The molecule has 0 heterocycles. The number of benzene rings is 1. The van der Waals surface area contributed by atoms with Gasteiger partial charge in [-0.2, -0.15) is 13.2 Å². The molecule has 0 aromatic heterocycles. The molecular formula is C22H35F3O2Si. The second kappa shape index (κ2) is 8.11. The number of rotatable bonds is 5. The van der Waals surface area contributed by atoms with E-state index in [2.05, 4.69) is 33.9 Å². The fourth-order valence-corrected chi connectivity index (χ4v) is 4.79. The van der Waals surface area contributed by atoms with Crippen molar-refractivity contribution >= 4 is 8.32 Å². The molecule has 1 aliphatic carbocycles. The molecule has 1 aliphatic rings. The first-order valence-electron chi connectivity index (χ1n) is 10.2. The van der Waals surface area contributed by atoms with Crippen molar-refractivity contribution in [2.45, 2.75) is 90.2 Å². The second-order valence-electron chi connectivity index (χ2n) is 10.1. The molecule has 0 aliphatic heterocycles. The maximum atomic E-state index is 13.4. The molecule has 2 rings (SSSR count). The van der Waals surface area contributed by atoms with Crippen molar-refractivity contribution in [3.8, 4) is 0 Å². The minimum atomic E-state index is -4.38. The maximum Gasteiger partial charge on any atom is 0.416 e. The Bertz CT molecular complexity index is 679. The third-order valence-electron chi connectivity index (χ3n) is 6.93. The fraction of sp³-hybridized carbons (Fsp3) is 0.727. The highest BCUT2D eigenvalue weighted by molar-refractivity contribution is 6.74. The molecule has 28 heavy (non-hydrogen) atoms. The summed E-state index contributed by atoms with van der Waals surface area (Å²) in [5.74, 6) is 0.0477. The molecule has 6 heteroatoms. The molecule has 1 aromatic rings. The minimum absolute atomic E-state index is 0.0146. The second-order valence-corrected chi connectivity index (χ2v) is 14.9. The number of aliphatic hydroxyl groups excluding tert-OH is 1. The van der Waals surface area contributed by atoms with Gasteiger partial charge in [-0.1, -0.05) is 46.6 Å². The van der Waals surface area contributed by atoms with Crippen LogP contribution in [0.1, 0.15) is 76.0 Å². The number of halogens is 3. The van der Waals surface area contributed by atoms with Crippen LogP contribution in [0.3, 0.4) is 0 Å². The van der Waals surface area contributed by atoms with Gasteiger partial charge in [0.25, 0.3) is 0 Å². The number of hydrogen-bond acceptors (Lipinski definition) is 2. The third-order valence-corrected chi connectivity index (χ3v) is 11.4. The van der Waals surface area contributed by atoms with Crippen LogP contribution in [0.2, 0.25) is 18.1 Å². The Hall–Kier alpha value is -0.853. The van der Waals surface area contributed by atoms with Crippen LogP contribution >= 0.6 is 0 Å². The predicted octanol–water partition coefficient (Wildman–Crippen LogP) is 6.88. The van der Waals surface area contributed by atoms with E-state index in [0.717, 1.165) is 31.2 Å². The molecule has 0 saturated heterocycles. The Morgan fingerprint density at radius 1 is 1.18 bits per heavy atom. The molecule has 2 unspecified atom stereocenters. The van der Waals surface area contributed by atoms with E-state index in [-0.39, 0.29) is 29.6 Å². The van der Waals surface area contributed by atoms with Gasteiger partial charge in [-0.25, -0.2) is 0 Å². The first-order chi connectivity index (χ1) is 12.7. The molecule has 160 valence electrons. The molecule has 0 radical (unpaired) electrons. The zero-order valence-corrected chi connectivity index (χ0v) is 19.0. The Morgan fingerprint density at radius 2 is 1.82 bits per heavy atom. The summed E-state index contributed by atoms with van der Waals surface area (Å²) in [6.45, 7) is 12.9. The first-order valence-corrected chi connectivity index (χ1v) is 13.1. The fourth-order valence-electron chi connectivity index (χ4n) is 3.84. The number of alkyl halides is 3. The summed E-state index contributed by atoms with van der Waals surface area (Å²) in [4.78, 5) is 0. The SMILES string of the molecule is CC1(CO)CCCCC1c1ccc(C(F)(F)F)cc1CO[Si](C)(C)C(C)(C)C. The summed E-state index contributed by atoms with van der Waals surface area (Å²) in [5.41, 5.74) is 0.588. The molecule has 0 amide bonds. The summed E-state index contributed by atoms with van der Waals surface area (Å²) in [6, 6.07) is 4.06. The average Bonchev–Trinajstić information content (AvgIpc) is 2.58. The Morgan fingerprint density at radius 3 is 2.36 bits per heavy atom. The van der Waals surface area contributed by atoms with Gasteiger partial charge < -0.3 is 9.53 Å². The molecule has 1 aromatic carbocycles. The average molecular weight is 417 g/mol. The van der Waals surface area contributed by atoms with E-state index in [1.54, 1.807) is 6.07 Å². The summed E-state index contributed by atoms with van der Waals surface area (Å²) in [6.07, 6.45) is -0.530. The van der Waals surface area contributed by atoms with Crippen molar-refractivity contribution in [1.82, 2.24) is 0 Å². The van der Waals surface area contributed by atoms with Crippen molar-refractivity contribution in [2.24, 2.45) is 5.41 Å². The van der Waals surface area contributed by atoms with E-state index in [4.69, 9.17) is 4.43 Å². The van der Waals surface area contributed by atoms with Crippen molar-refractivity contribution in [2.75, 3.05) is 6.61 Å². The maximum absolute atomic E-state index is 13.4. The van der Waals surface area contributed by atoms with Crippen LogP contribution in [-0.4, -0.2) is 20.0 Å². The largest absolute Gasteiger partial charge is 0.416 e. The Labute approximate surface area is 168 Å². The monoisotopic (exact) mass is 416 g/mol. The summed E-state index contributed by atoms with van der Waals surface area (Å²) in [7, 11) is -2.10. The highest BCUT2D eigenvalue weighted by atomic mass is 28.4. The summed E-state index contributed by atoms with van der Waals surface area (Å²) < 4.78 is 46.3. The smallest absolute Gasteiger partial charge is 0.413 e. The van der Waals surface area contributed by atoms with Crippen LogP contribution in [-0.2, 0) is 17.2 Å². The Kier molecular flexibility index (Phi) is 6.79. The van der Waals surface area contributed by atoms with E-state index in [1.807, 2.05) is 6.92 Å². The highest BCUT2D eigenvalue weighted by Crippen LogP contribution is 2.48. The van der Waals surface area contributed by atoms with E-state index >= 15 is 0 Å². The summed E-state index contributed by atoms with van der Waals surface area (Å²) in [5, 5.41) is 10.0. The van der Waals surface area contributed by atoms with E-state index in [1.165, 1.54) is 12.1 Å². The molecule has 2 atom stereocenters. The normalized spacial score (nSPS) is 24.4. The van der Waals surface area contributed by atoms with Crippen molar-refractivity contribution in [3.63, 3.8) is 0 Å². The van der Waals surface area contributed by atoms with Gasteiger partial charge in [0.15, 0.2) is 8.32 Å². The van der Waals surface area contributed by atoms with Gasteiger partial charge in [-0.15, -0.1) is 0 Å². The van der Waals surface area contributed by atoms with Gasteiger partial charge in [-0.05, 0) is 65.6 Å². The predicted molar refractivity (Wildman–Crippen MR) is 110 cm³/mol. The van der Waals surface area contributed by atoms with Crippen molar-refractivity contribution < 1.29 is 22.7 Å². The van der Waals surface area contributed by atoms with Crippen LogP contribution in [0.25, 0.3) is 0 Å². The molecule has 1 fully saturated rings. The third kappa shape index (κ3) is 5.00. The van der Waals surface area contributed by atoms with Crippen LogP contribution in [0.4, 0.5) is 13.2 Å². The van der Waals surface area contributed by atoms with Gasteiger partial charge in [0.1, 0.15) is 0 Å². The van der Waals surface area contributed by atoms with E-state index < -0.39 is 20.1 Å². The van der Waals surface area contributed by atoms with Crippen molar-refractivity contribution in [3.05, 3.63) is 34.9 Å². The number of hydrogen-bond donors (Lipinski definition) is 1. The van der Waals surface area contributed by atoms with Gasteiger partial charge >= 0.3 is 6.18 Å². The first kappa shape index (κ1) is 23.4. The standard InChI is InChI=1S/C22H35F3O2Si/c1-20(2,3)28(5,6)27-14-16-13-17(22(23,24)25)10-11-18(16)19-9-7-8-12-21(19,4)15-26/h10-11,13,19,26H,7-9,12,14-15H2,1-6H3.